The SMILES string of the molecule is CC1CCN(Cc2ccco2)C(CO)C(=O)N1C. The first-order valence-electron chi connectivity index (χ1n) is 6.27. The van der Waals surface area contributed by atoms with Crippen LogP contribution < -0.4 is 0 Å². The summed E-state index contributed by atoms with van der Waals surface area (Å²) >= 11 is 0. The van der Waals surface area contributed by atoms with E-state index in [9.17, 15) is 9.90 Å². The third-order valence-electron chi connectivity index (χ3n) is 3.68. The lowest BCUT2D eigenvalue weighted by molar-refractivity contribution is -0.137. The van der Waals surface area contributed by atoms with Crippen molar-refractivity contribution in [3.63, 3.8) is 0 Å². The van der Waals surface area contributed by atoms with E-state index in [0.717, 1.165) is 18.7 Å². The molecule has 5 heteroatoms. The number of nitrogens with zero attached hydrogens (tertiary/aromatic N) is 2. The van der Waals surface area contributed by atoms with Crippen LogP contribution in [0.2, 0.25) is 0 Å². The molecule has 2 rings (SSSR count). The minimum atomic E-state index is -0.468. The van der Waals surface area contributed by atoms with E-state index in [1.807, 2.05) is 24.0 Å². The Kier molecular flexibility index (Phi) is 4.04. The highest BCUT2D eigenvalue weighted by molar-refractivity contribution is 5.82. The van der Waals surface area contributed by atoms with Gasteiger partial charge in [0.1, 0.15) is 11.8 Å². The maximum Gasteiger partial charge on any atom is 0.242 e. The van der Waals surface area contributed by atoms with Crippen LogP contribution in [0.3, 0.4) is 0 Å². The highest BCUT2D eigenvalue weighted by Crippen LogP contribution is 2.18. The summed E-state index contributed by atoms with van der Waals surface area (Å²) in [5.41, 5.74) is 0. The molecule has 0 radical (unpaired) electrons. The van der Waals surface area contributed by atoms with E-state index in [2.05, 4.69) is 0 Å². The fraction of sp³-hybridized carbons (Fsp3) is 0.615. The van der Waals surface area contributed by atoms with Crippen molar-refractivity contribution in [2.75, 3.05) is 20.2 Å². The van der Waals surface area contributed by atoms with Crippen LogP contribution in [0.1, 0.15) is 19.1 Å². The molecule has 2 atom stereocenters. The van der Waals surface area contributed by atoms with Gasteiger partial charge >= 0.3 is 0 Å². The smallest absolute Gasteiger partial charge is 0.242 e. The highest BCUT2D eigenvalue weighted by Gasteiger charge is 2.33. The molecule has 18 heavy (non-hydrogen) atoms. The lowest BCUT2D eigenvalue weighted by Gasteiger charge is -2.28. The van der Waals surface area contributed by atoms with Crippen molar-refractivity contribution in [2.24, 2.45) is 0 Å². The molecule has 0 bridgehead atoms. The Balaban J connectivity index is 2.14. The van der Waals surface area contributed by atoms with Crippen molar-refractivity contribution >= 4 is 5.91 Å². The Labute approximate surface area is 107 Å². The molecule has 2 heterocycles. The number of hydrogen-bond donors (Lipinski definition) is 1. The van der Waals surface area contributed by atoms with E-state index in [4.69, 9.17) is 4.42 Å². The molecule has 0 aliphatic carbocycles. The van der Waals surface area contributed by atoms with Crippen LogP contribution in [0.5, 0.6) is 0 Å². The van der Waals surface area contributed by atoms with E-state index in [0.29, 0.717) is 6.54 Å². The van der Waals surface area contributed by atoms with Crippen LogP contribution in [0.15, 0.2) is 22.8 Å². The number of hydrogen-bond acceptors (Lipinski definition) is 4. The summed E-state index contributed by atoms with van der Waals surface area (Å²) in [5.74, 6) is 0.799. The van der Waals surface area contributed by atoms with Crippen molar-refractivity contribution < 1.29 is 14.3 Å². The molecule has 1 amide bonds. The highest BCUT2D eigenvalue weighted by atomic mass is 16.3. The summed E-state index contributed by atoms with van der Waals surface area (Å²) in [6, 6.07) is 3.45. The van der Waals surface area contributed by atoms with Gasteiger partial charge in [-0.2, -0.15) is 0 Å². The largest absolute Gasteiger partial charge is 0.468 e. The second-order valence-electron chi connectivity index (χ2n) is 4.84. The summed E-state index contributed by atoms with van der Waals surface area (Å²) in [7, 11) is 1.80. The van der Waals surface area contributed by atoms with Crippen molar-refractivity contribution in [3.05, 3.63) is 24.2 Å². The average molecular weight is 252 g/mol. The molecule has 0 aromatic carbocycles. The molecule has 100 valence electrons. The molecule has 1 aromatic heterocycles. The maximum atomic E-state index is 12.2. The second kappa shape index (κ2) is 5.54. The summed E-state index contributed by atoms with van der Waals surface area (Å²) in [6.45, 7) is 3.22. The van der Waals surface area contributed by atoms with Gasteiger partial charge in [0.25, 0.3) is 0 Å². The summed E-state index contributed by atoms with van der Waals surface area (Å²) in [5, 5.41) is 9.47. The molecule has 2 unspecified atom stereocenters. The third kappa shape index (κ3) is 2.57. The average Bonchev–Trinajstić information content (AvgIpc) is 2.84. The van der Waals surface area contributed by atoms with Gasteiger partial charge in [0.05, 0.1) is 19.4 Å². The van der Waals surface area contributed by atoms with Crippen LogP contribution in [0, 0.1) is 0 Å². The molecular formula is C13H20N2O3. The fourth-order valence-electron chi connectivity index (χ4n) is 2.30. The van der Waals surface area contributed by atoms with Gasteiger partial charge in [0, 0.05) is 19.6 Å². The van der Waals surface area contributed by atoms with Crippen molar-refractivity contribution in [3.8, 4) is 0 Å². The Morgan fingerprint density at radius 3 is 2.94 bits per heavy atom. The fourth-order valence-corrected chi connectivity index (χ4v) is 2.30. The van der Waals surface area contributed by atoms with Gasteiger partial charge < -0.3 is 14.4 Å². The number of furan rings is 1. The molecule has 1 N–H and O–H groups in total. The molecule has 5 nitrogen and oxygen atoms in total. The van der Waals surface area contributed by atoms with Crippen LogP contribution >= 0.6 is 0 Å². The van der Waals surface area contributed by atoms with Gasteiger partial charge in [-0.05, 0) is 25.5 Å². The second-order valence-corrected chi connectivity index (χ2v) is 4.84. The monoisotopic (exact) mass is 252 g/mol. The quantitative estimate of drug-likeness (QED) is 0.860. The van der Waals surface area contributed by atoms with Gasteiger partial charge in [0.2, 0.25) is 5.91 Å². The lowest BCUT2D eigenvalue weighted by atomic mass is 10.2. The van der Waals surface area contributed by atoms with E-state index in [-0.39, 0.29) is 18.6 Å². The van der Waals surface area contributed by atoms with E-state index < -0.39 is 6.04 Å². The Morgan fingerprint density at radius 1 is 1.56 bits per heavy atom. The van der Waals surface area contributed by atoms with E-state index in [1.54, 1.807) is 18.2 Å². The van der Waals surface area contributed by atoms with Gasteiger partial charge in [0.15, 0.2) is 0 Å². The van der Waals surface area contributed by atoms with Crippen LogP contribution in [0.25, 0.3) is 0 Å². The minimum Gasteiger partial charge on any atom is -0.468 e. The number of carbonyl (C=O) groups is 1. The zero-order valence-electron chi connectivity index (χ0n) is 10.9. The molecule has 0 saturated carbocycles. The predicted octanol–water partition coefficient (Wildman–Crippen LogP) is 0.693. The zero-order chi connectivity index (χ0) is 13.1. The van der Waals surface area contributed by atoms with Gasteiger partial charge in [-0.15, -0.1) is 0 Å². The molecular weight excluding hydrogens is 232 g/mol. The summed E-state index contributed by atoms with van der Waals surface area (Å²) in [4.78, 5) is 15.9. The number of amides is 1. The van der Waals surface area contributed by atoms with Crippen LogP contribution in [-0.4, -0.2) is 53.1 Å². The van der Waals surface area contributed by atoms with Crippen LogP contribution in [0.4, 0.5) is 0 Å². The maximum absolute atomic E-state index is 12.2. The molecule has 1 aliphatic rings. The normalized spacial score (nSPS) is 26.4. The number of aliphatic hydroxyl groups is 1. The van der Waals surface area contributed by atoms with Crippen molar-refractivity contribution in [1.82, 2.24) is 9.80 Å². The molecule has 1 saturated heterocycles. The number of carbonyl (C=O) groups excluding carboxylic acids is 1. The molecule has 1 fully saturated rings. The third-order valence-corrected chi connectivity index (χ3v) is 3.68. The van der Waals surface area contributed by atoms with Crippen LogP contribution in [-0.2, 0) is 11.3 Å². The number of rotatable bonds is 3. The Bertz CT molecular complexity index is 391. The van der Waals surface area contributed by atoms with Crippen molar-refractivity contribution in [1.29, 1.82) is 0 Å². The van der Waals surface area contributed by atoms with E-state index >= 15 is 0 Å². The lowest BCUT2D eigenvalue weighted by Crippen LogP contribution is -2.47. The molecule has 1 aliphatic heterocycles. The van der Waals surface area contributed by atoms with E-state index in [1.165, 1.54) is 0 Å². The van der Waals surface area contributed by atoms with Gasteiger partial charge in [-0.25, -0.2) is 0 Å². The van der Waals surface area contributed by atoms with Gasteiger partial charge in [-0.3, -0.25) is 9.69 Å². The van der Waals surface area contributed by atoms with Gasteiger partial charge in [-0.1, -0.05) is 0 Å². The topological polar surface area (TPSA) is 56.9 Å². The first-order chi connectivity index (χ1) is 8.63. The first-order valence-corrected chi connectivity index (χ1v) is 6.27. The first kappa shape index (κ1) is 13.1. The predicted molar refractivity (Wildman–Crippen MR) is 66.8 cm³/mol. The molecule has 1 aromatic rings. The zero-order valence-corrected chi connectivity index (χ0v) is 10.9. The Morgan fingerprint density at radius 2 is 2.33 bits per heavy atom. The Hall–Kier alpha value is -1.33. The minimum absolute atomic E-state index is 0.0194. The number of likely N-dealkylation sites (N-methyl/N-ethyl adjacent to an activating group) is 1. The van der Waals surface area contributed by atoms with Crippen molar-refractivity contribution in [2.45, 2.75) is 32.0 Å². The molecule has 0 spiro atoms. The number of aliphatic hydroxyl groups excluding tert-OH is 1. The summed E-state index contributed by atoms with van der Waals surface area (Å²) < 4.78 is 5.31. The summed E-state index contributed by atoms with van der Waals surface area (Å²) in [6.07, 6.45) is 2.52. The standard InChI is InChI=1S/C13H20N2O3/c1-10-5-6-15(8-11-4-3-7-18-11)12(9-16)13(17)14(10)2/h3-4,7,10,12,16H,5-6,8-9H2,1-2H3.